The molecule has 1 amide bonds. The Kier molecular flexibility index (Phi) is 3.22. The van der Waals surface area contributed by atoms with Crippen LogP contribution in [0.1, 0.15) is 30.2 Å². The fourth-order valence-electron chi connectivity index (χ4n) is 2.55. The molecular weight excluding hydrogens is 262 g/mol. The highest BCUT2D eigenvalue weighted by Gasteiger charge is 2.14. The number of imidazole rings is 1. The molecule has 0 bridgehead atoms. The third kappa shape index (κ3) is 2.29. The predicted octanol–water partition coefficient (Wildman–Crippen LogP) is 3.38. The third-order valence-electron chi connectivity index (χ3n) is 3.54. The summed E-state index contributed by atoms with van der Waals surface area (Å²) in [5.41, 5.74) is 8.85. The molecule has 0 spiro atoms. The summed E-state index contributed by atoms with van der Waals surface area (Å²) in [5, 5.41) is 0. The minimum Gasteiger partial charge on any atom is -0.366 e. The molecule has 0 unspecified atom stereocenters. The van der Waals surface area contributed by atoms with Gasteiger partial charge < -0.3 is 10.3 Å². The van der Waals surface area contributed by atoms with Crippen LogP contribution in [0.4, 0.5) is 0 Å². The summed E-state index contributed by atoms with van der Waals surface area (Å²) >= 11 is 0. The summed E-state index contributed by atoms with van der Waals surface area (Å²) in [5.74, 6) is 0.487. The summed E-state index contributed by atoms with van der Waals surface area (Å²) in [7, 11) is 0. The van der Waals surface area contributed by atoms with Crippen molar-refractivity contribution in [2.75, 3.05) is 0 Å². The Labute approximate surface area is 123 Å². The number of carbonyl (C=O) groups is 1. The zero-order valence-electron chi connectivity index (χ0n) is 12.1. The average Bonchev–Trinajstić information content (AvgIpc) is 2.86. The fourth-order valence-corrected chi connectivity index (χ4v) is 2.55. The van der Waals surface area contributed by atoms with Crippen LogP contribution >= 0.6 is 0 Å². The highest BCUT2D eigenvalue weighted by molar-refractivity contribution is 5.93. The molecule has 0 atom stereocenters. The molecule has 0 aliphatic rings. The monoisotopic (exact) mass is 279 g/mol. The number of nitrogens with two attached hydrogens (primary N) is 1. The number of hydrogen-bond donors (Lipinski definition) is 1. The standard InChI is InChI=1S/C17H17N3O/c1-11(2)20-15-6-4-3-5-14(15)19-17(20)13-9-7-12(8-10-13)16(18)21/h3-11H,1-2H3,(H2,18,21). The maximum atomic E-state index is 11.2. The molecule has 3 rings (SSSR count). The van der Waals surface area contributed by atoms with Crippen molar-refractivity contribution in [3.63, 3.8) is 0 Å². The van der Waals surface area contributed by atoms with Crippen LogP contribution in [0.5, 0.6) is 0 Å². The van der Waals surface area contributed by atoms with Crippen LogP contribution in [0.25, 0.3) is 22.4 Å². The van der Waals surface area contributed by atoms with Gasteiger partial charge in [0.05, 0.1) is 11.0 Å². The Hall–Kier alpha value is -2.62. The van der Waals surface area contributed by atoms with Gasteiger partial charge in [-0.2, -0.15) is 0 Å². The van der Waals surface area contributed by atoms with E-state index in [1.165, 1.54) is 0 Å². The molecule has 1 aromatic heterocycles. The molecule has 2 aromatic carbocycles. The second-order valence-corrected chi connectivity index (χ2v) is 5.33. The first-order valence-corrected chi connectivity index (χ1v) is 6.95. The van der Waals surface area contributed by atoms with Gasteiger partial charge in [-0.05, 0) is 38.1 Å². The van der Waals surface area contributed by atoms with E-state index in [1.54, 1.807) is 12.1 Å². The van der Waals surface area contributed by atoms with Crippen LogP contribution in [0.2, 0.25) is 0 Å². The number of amides is 1. The predicted molar refractivity (Wildman–Crippen MR) is 84.1 cm³/mol. The zero-order valence-corrected chi connectivity index (χ0v) is 12.1. The van der Waals surface area contributed by atoms with Crippen molar-refractivity contribution < 1.29 is 4.79 Å². The van der Waals surface area contributed by atoms with E-state index in [0.717, 1.165) is 22.4 Å². The van der Waals surface area contributed by atoms with Gasteiger partial charge in [0.25, 0.3) is 0 Å². The van der Waals surface area contributed by atoms with Crippen LogP contribution < -0.4 is 5.73 Å². The minimum absolute atomic E-state index is 0.295. The van der Waals surface area contributed by atoms with E-state index in [9.17, 15) is 4.79 Å². The van der Waals surface area contributed by atoms with E-state index in [2.05, 4.69) is 24.5 Å². The maximum Gasteiger partial charge on any atom is 0.248 e. The Bertz CT molecular complexity index is 801. The van der Waals surface area contributed by atoms with Crippen molar-refractivity contribution >= 4 is 16.9 Å². The first-order valence-electron chi connectivity index (χ1n) is 6.95. The van der Waals surface area contributed by atoms with Crippen LogP contribution in [0.15, 0.2) is 48.5 Å². The lowest BCUT2D eigenvalue weighted by molar-refractivity contribution is 0.100. The molecule has 0 aliphatic heterocycles. The van der Waals surface area contributed by atoms with Gasteiger partial charge in [-0.1, -0.05) is 24.3 Å². The molecular formula is C17H17N3O. The number of nitrogens with zero attached hydrogens (tertiary/aromatic N) is 2. The van der Waals surface area contributed by atoms with Crippen molar-refractivity contribution in [2.24, 2.45) is 5.73 Å². The molecule has 1 heterocycles. The van der Waals surface area contributed by atoms with E-state index >= 15 is 0 Å². The van der Waals surface area contributed by atoms with Crippen LogP contribution in [0.3, 0.4) is 0 Å². The second kappa shape index (κ2) is 5.05. The number of aromatic nitrogens is 2. The van der Waals surface area contributed by atoms with Crippen molar-refractivity contribution in [1.82, 2.24) is 9.55 Å². The van der Waals surface area contributed by atoms with E-state index in [1.807, 2.05) is 30.3 Å². The largest absolute Gasteiger partial charge is 0.366 e. The number of rotatable bonds is 3. The van der Waals surface area contributed by atoms with Gasteiger partial charge in [-0.15, -0.1) is 0 Å². The molecule has 2 N–H and O–H groups in total. The fraction of sp³-hybridized carbons (Fsp3) is 0.176. The Morgan fingerprint density at radius 3 is 2.38 bits per heavy atom. The van der Waals surface area contributed by atoms with Gasteiger partial charge in [0.2, 0.25) is 5.91 Å². The van der Waals surface area contributed by atoms with Gasteiger partial charge in [0, 0.05) is 17.2 Å². The summed E-state index contributed by atoms with van der Waals surface area (Å²) in [6.45, 7) is 4.27. The molecule has 0 fully saturated rings. The van der Waals surface area contributed by atoms with Crippen molar-refractivity contribution in [2.45, 2.75) is 19.9 Å². The Morgan fingerprint density at radius 2 is 1.76 bits per heavy atom. The first-order chi connectivity index (χ1) is 10.1. The number of benzene rings is 2. The van der Waals surface area contributed by atoms with Crippen molar-refractivity contribution in [3.05, 3.63) is 54.1 Å². The molecule has 0 saturated carbocycles. The number of para-hydroxylation sites is 2. The minimum atomic E-state index is -0.418. The number of hydrogen-bond acceptors (Lipinski definition) is 2. The zero-order chi connectivity index (χ0) is 15.0. The Balaban J connectivity index is 2.19. The topological polar surface area (TPSA) is 60.9 Å². The lowest BCUT2D eigenvalue weighted by Crippen LogP contribution is -2.10. The second-order valence-electron chi connectivity index (χ2n) is 5.33. The van der Waals surface area contributed by atoms with E-state index in [4.69, 9.17) is 10.7 Å². The lowest BCUT2D eigenvalue weighted by atomic mass is 10.1. The highest BCUT2D eigenvalue weighted by atomic mass is 16.1. The quantitative estimate of drug-likeness (QED) is 0.799. The van der Waals surface area contributed by atoms with Crippen LogP contribution in [-0.4, -0.2) is 15.5 Å². The smallest absolute Gasteiger partial charge is 0.248 e. The average molecular weight is 279 g/mol. The number of fused-ring (bicyclic) bond motifs is 1. The molecule has 3 aromatic rings. The Morgan fingerprint density at radius 1 is 1.10 bits per heavy atom. The number of primary amides is 1. The number of carbonyl (C=O) groups excluding carboxylic acids is 1. The summed E-state index contributed by atoms with van der Waals surface area (Å²) in [6, 6.07) is 15.6. The van der Waals surface area contributed by atoms with Crippen molar-refractivity contribution in [1.29, 1.82) is 0 Å². The summed E-state index contributed by atoms with van der Waals surface area (Å²) < 4.78 is 2.20. The SMILES string of the molecule is CC(C)n1c(-c2ccc(C(N)=O)cc2)nc2ccccc21. The maximum absolute atomic E-state index is 11.2. The van der Waals surface area contributed by atoms with Crippen molar-refractivity contribution in [3.8, 4) is 11.4 Å². The van der Waals surface area contributed by atoms with Gasteiger partial charge >= 0.3 is 0 Å². The normalized spacial score (nSPS) is 11.2. The van der Waals surface area contributed by atoms with Gasteiger partial charge in [-0.3, -0.25) is 4.79 Å². The van der Waals surface area contributed by atoms with E-state index in [0.29, 0.717) is 11.6 Å². The molecule has 0 saturated heterocycles. The van der Waals surface area contributed by atoms with E-state index < -0.39 is 5.91 Å². The summed E-state index contributed by atoms with van der Waals surface area (Å²) in [6.07, 6.45) is 0. The molecule has 0 aliphatic carbocycles. The molecule has 4 nitrogen and oxygen atoms in total. The van der Waals surface area contributed by atoms with Gasteiger partial charge in [0.15, 0.2) is 0 Å². The first kappa shape index (κ1) is 13.4. The third-order valence-corrected chi connectivity index (χ3v) is 3.54. The van der Waals surface area contributed by atoms with Gasteiger partial charge in [0.1, 0.15) is 5.82 Å². The van der Waals surface area contributed by atoms with Crippen LogP contribution in [0, 0.1) is 0 Å². The highest BCUT2D eigenvalue weighted by Crippen LogP contribution is 2.28. The molecule has 106 valence electrons. The lowest BCUT2D eigenvalue weighted by Gasteiger charge is -2.13. The molecule has 0 radical (unpaired) electrons. The molecule has 21 heavy (non-hydrogen) atoms. The van der Waals surface area contributed by atoms with E-state index in [-0.39, 0.29) is 0 Å². The molecule has 4 heteroatoms. The van der Waals surface area contributed by atoms with Crippen LogP contribution in [-0.2, 0) is 0 Å². The van der Waals surface area contributed by atoms with Gasteiger partial charge in [-0.25, -0.2) is 4.98 Å². The summed E-state index contributed by atoms with van der Waals surface area (Å²) in [4.78, 5) is 15.9.